The Bertz CT molecular complexity index is 769. The molecule has 0 aliphatic heterocycles. The molecule has 0 saturated carbocycles. The molecule has 0 spiro atoms. The molecule has 3 rings (SSSR count). The average Bonchev–Trinajstić information content (AvgIpc) is 2.86. The van der Waals surface area contributed by atoms with Gasteiger partial charge in [-0.2, -0.15) is 0 Å². The van der Waals surface area contributed by atoms with Gasteiger partial charge >= 0.3 is 0 Å². The first-order chi connectivity index (χ1) is 10.2. The fourth-order valence-corrected chi connectivity index (χ4v) is 2.50. The van der Waals surface area contributed by atoms with Crippen LogP contribution in [0.2, 0.25) is 0 Å². The zero-order chi connectivity index (χ0) is 14.8. The number of halogens is 1. The molecular weight excluding hydrogens is 269 g/mol. The number of rotatable bonds is 4. The van der Waals surface area contributed by atoms with Crippen LogP contribution in [0.1, 0.15) is 12.6 Å². The largest absolute Gasteiger partial charge is 0.390 e. The lowest BCUT2D eigenvalue weighted by Crippen LogP contribution is -2.18. The van der Waals surface area contributed by atoms with Crippen molar-refractivity contribution in [3.05, 3.63) is 60.2 Å². The van der Waals surface area contributed by atoms with E-state index in [1.54, 1.807) is 6.07 Å². The Labute approximate surface area is 122 Å². The summed E-state index contributed by atoms with van der Waals surface area (Å²) in [6, 6.07) is 12.0. The first-order valence-electron chi connectivity index (χ1n) is 6.84. The lowest BCUT2D eigenvalue weighted by molar-refractivity contribution is 0.276. The standard InChI is InChI=1S/C16H16FN3O/c1-2-19(13-7-5-6-12(17)10-13)16-14(11-21)20-9-4-3-8-15(20)18-16/h3-10,21H,2,11H2,1H3. The Hall–Kier alpha value is -2.40. The summed E-state index contributed by atoms with van der Waals surface area (Å²) in [6.45, 7) is 2.46. The first kappa shape index (κ1) is 13.6. The average molecular weight is 285 g/mol. The van der Waals surface area contributed by atoms with Crippen LogP contribution in [0.25, 0.3) is 5.65 Å². The number of aliphatic hydroxyl groups is 1. The lowest BCUT2D eigenvalue weighted by Gasteiger charge is -2.21. The van der Waals surface area contributed by atoms with E-state index in [0.717, 1.165) is 11.3 Å². The van der Waals surface area contributed by atoms with Gasteiger partial charge in [-0.15, -0.1) is 0 Å². The number of fused-ring (bicyclic) bond motifs is 1. The second-order valence-electron chi connectivity index (χ2n) is 4.69. The molecule has 0 bridgehead atoms. The maximum atomic E-state index is 13.5. The van der Waals surface area contributed by atoms with Crippen molar-refractivity contribution in [3.8, 4) is 0 Å². The molecular formula is C16H16FN3O. The number of aromatic nitrogens is 2. The minimum atomic E-state index is -0.291. The van der Waals surface area contributed by atoms with Gasteiger partial charge in [-0.1, -0.05) is 12.1 Å². The Kier molecular flexibility index (Phi) is 3.58. The van der Waals surface area contributed by atoms with Crippen LogP contribution in [0.5, 0.6) is 0 Å². The van der Waals surface area contributed by atoms with Gasteiger partial charge in [0.15, 0.2) is 5.82 Å². The van der Waals surface area contributed by atoms with Crippen LogP contribution >= 0.6 is 0 Å². The second-order valence-corrected chi connectivity index (χ2v) is 4.69. The van der Waals surface area contributed by atoms with Crippen molar-refractivity contribution in [2.75, 3.05) is 11.4 Å². The molecule has 0 atom stereocenters. The Balaban J connectivity index is 2.17. The van der Waals surface area contributed by atoms with Crippen LogP contribution in [0, 0.1) is 5.82 Å². The zero-order valence-electron chi connectivity index (χ0n) is 11.7. The molecule has 0 amide bonds. The molecule has 3 aromatic rings. The van der Waals surface area contributed by atoms with E-state index in [2.05, 4.69) is 4.98 Å². The zero-order valence-corrected chi connectivity index (χ0v) is 11.7. The second kappa shape index (κ2) is 5.54. The minimum absolute atomic E-state index is 0.133. The van der Waals surface area contributed by atoms with Crippen LogP contribution in [0.3, 0.4) is 0 Å². The van der Waals surface area contributed by atoms with Crippen LogP contribution in [-0.4, -0.2) is 21.0 Å². The Morgan fingerprint density at radius 1 is 1.24 bits per heavy atom. The van der Waals surface area contributed by atoms with Gasteiger partial charge in [0.25, 0.3) is 0 Å². The first-order valence-corrected chi connectivity index (χ1v) is 6.84. The summed E-state index contributed by atoms with van der Waals surface area (Å²) in [4.78, 5) is 6.46. The van der Waals surface area contributed by atoms with Gasteiger partial charge in [-0.05, 0) is 37.3 Å². The Morgan fingerprint density at radius 3 is 2.81 bits per heavy atom. The highest BCUT2D eigenvalue weighted by Gasteiger charge is 2.18. The highest BCUT2D eigenvalue weighted by Crippen LogP contribution is 2.29. The predicted molar refractivity (Wildman–Crippen MR) is 80.2 cm³/mol. The van der Waals surface area contributed by atoms with E-state index in [4.69, 9.17) is 0 Å². The quantitative estimate of drug-likeness (QED) is 0.800. The van der Waals surface area contributed by atoms with E-state index < -0.39 is 0 Å². The molecule has 5 heteroatoms. The topological polar surface area (TPSA) is 40.8 Å². The van der Waals surface area contributed by atoms with Crippen molar-refractivity contribution >= 4 is 17.2 Å². The maximum absolute atomic E-state index is 13.5. The van der Waals surface area contributed by atoms with Gasteiger partial charge in [0.05, 0.1) is 12.3 Å². The van der Waals surface area contributed by atoms with Gasteiger partial charge < -0.3 is 10.0 Å². The number of benzene rings is 1. The number of nitrogens with zero attached hydrogens (tertiary/aromatic N) is 3. The third kappa shape index (κ3) is 2.36. The van der Waals surface area contributed by atoms with Gasteiger partial charge in [-0.25, -0.2) is 9.37 Å². The molecule has 0 unspecified atom stereocenters. The number of hydrogen-bond donors (Lipinski definition) is 1. The number of anilines is 2. The molecule has 2 heterocycles. The Morgan fingerprint density at radius 2 is 2.10 bits per heavy atom. The molecule has 0 fully saturated rings. The smallest absolute Gasteiger partial charge is 0.157 e. The van der Waals surface area contributed by atoms with Crippen molar-refractivity contribution in [2.45, 2.75) is 13.5 Å². The fraction of sp³-hybridized carbons (Fsp3) is 0.188. The highest BCUT2D eigenvalue weighted by molar-refractivity contribution is 5.65. The monoisotopic (exact) mass is 285 g/mol. The number of imidazole rings is 1. The SMILES string of the molecule is CCN(c1cccc(F)c1)c1nc2ccccn2c1CO. The van der Waals surface area contributed by atoms with E-state index in [1.165, 1.54) is 12.1 Å². The molecule has 0 aliphatic rings. The molecule has 1 N–H and O–H groups in total. The van der Waals surface area contributed by atoms with E-state index >= 15 is 0 Å². The van der Waals surface area contributed by atoms with Crippen molar-refractivity contribution in [2.24, 2.45) is 0 Å². The molecule has 2 aromatic heterocycles. The van der Waals surface area contributed by atoms with Gasteiger partial charge in [0, 0.05) is 18.4 Å². The summed E-state index contributed by atoms with van der Waals surface area (Å²) in [5.74, 6) is 0.358. The maximum Gasteiger partial charge on any atom is 0.157 e. The number of hydrogen-bond acceptors (Lipinski definition) is 3. The molecule has 0 radical (unpaired) electrons. The normalized spacial score (nSPS) is 11.0. The number of aliphatic hydroxyl groups excluding tert-OH is 1. The third-order valence-corrected chi connectivity index (χ3v) is 3.45. The molecule has 4 nitrogen and oxygen atoms in total. The summed E-state index contributed by atoms with van der Waals surface area (Å²) in [6.07, 6.45) is 1.86. The third-order valence-electron chi connectivity index (χ3n) is 3.45. The molecule has 0 saturated heterocycles. The van der Waals surface area contributed by atoms with E-state index in [-0.39, 0.29) is 12.4 Å². The summed E-state index contributed by atoms with van der Waals surface area (Å²) >= 11 is 0. The van der Waals surface area contributed by atoms with Gasteiger partial charge in [0.2, 0.25) is 0 Å². The van der Waals surface area contributed by atoms with Crippen LogP contribution in [0.4, 0.5) is 15.9 Å². The summed E-state index contributed by atoms with van der Waals surface area (Å²) in [5.41, 5.74) is 2.17. The summed E-state index contributed by atoms with van der Waals surface area (Å²) in [5, 5.41) is 9.69. The summed E-state index contributed by atoms with van der Waals surface area (Å²) in [7, 11) is 0. The molecule has 21 heavy (non-hydrogen) atoms. The van der Waals surface area contributed by atoms with Crippen LogP contribution in [0.15, 0.2) is 48.7 Å². The van der Waals surface area contributed by atoms with Crippen molar-refractivity contribution < 1.29 is 9.50 Å². The van der Waals surface area contributed by atoms with Crippen molar-refractivity contribution in [1.82, 2.24) is 9.38 Å². The van der Waals surface area contributed by atoms with E-state index in [0.29, 0.717) is 18.1 Å². The predicted octanol–water partition coefficient (Wildman–Crippen LogP) is 3.12. The van der Waals surface area contributed by atoms with E-state index in [9.17, 15) is 9.50 Å². The lowest BCUT2D eigenvalue weighted by atomic mass is 10.2. The van der Waals surface area contributed by atoms with Crippen LogP contribution < -0.4 is 4.90 Å². The molecule has 1 aromatic carbocycles. The van der Waals surface area contributed by atoms with Gasteiger partial charge in [0.1, 0.15) is 11.5 Å². The van der Waals surface area contributed by atoms with E-state index in [1.807, 2.05) is 46.7 Å². The minimum Gasteiger partial charge on any atom is -0.390 e. The van der Waals surface area contributed by atoms with Crippen LogP contribution in [-0.2, 0) is 6.61 Å². The highest BCUT2D eigenvalue weighted by atomic mass is 19.1. The van der Waals surface area contributed by atoms with Crippen molar-refractivity contribution in [3.63, 3.8) is 0 Å². The fourth-order valence-electron chi connectivity index (χ4n) is 2.50. The van der Waals surface area contributed by atoms with Crippen molar-refractivity contribution in [1.29, 1.82) is 0 Å². The summed E-state index contributed by atoms with van der Waals surface area (Å²) < 4.78 is 15.3. The molecule has 0 aliphatic carbocycles. The number of pyridine rings is 1. The molecule has 108 valence electrons. The van der Waals surface area contributed by atoms with Gasteiger partial charge in [-0.3, -0.25) is 4.40 Å².